The van der Waals surface area contributed by atoms with E-state index in [1.54, 1.807) is 31.2 Å². The number of rotatable bonds is 1. The van der Waals surface area contributed by atoms with Gasteiger partial charge in [-0.2, -0.15) is 0 Å². The Kier molecular flexibility index (Phi) is 2.99. The molecule has 1 aromatic rings. The normalized spacial score (nSPS) is 17.6. The second-order valence-electron chi connectivity index (χ2n) is 3.29. The molecule has 0 spiro atoms. The van der Waals surface area contributed by atoms with Crippen molar-refractivity contribution in [2.75, 3.05) is 0 Å². The van der Waals surface area contributed by atoms with E-state index in [1.807, 2.05) is 0 Å². The average Bonchev–Trinajstić information content (AvgIpc) is 2.55. The third-order valence-electron chi connectivity index (χ3n) is 2.13. The molecule has 0 radical (unpaired) electrons. The van der Waals surface area contributed by atoms with Gasteiger partial charge >= 0.3 is 5.97 Å². The summed E-state index contributed by atoms with van der Waals surface area (Å²) < 4.78 is 0. The maximum absolute atomic E-state index is 11.3. The minimum atomic E-state index is -0.455. The number of hydrogen-bond acceptors (Lipinski definition) is 3. The highest BCUT2D eigenvalue weighted by Gasteiger charge is 2.21. The standard InChI is InChI=1S/C11H7Cl2NO2/c1-6-8(11(15)16-14-6)4-7-2-3-9(12)10(13)5-7/h2-5H,1H3/b8-4-. The molecule has 0 fully saturated rings. The number of carbonyl (C=O) groups excluding carboxylic acids is 1. The van der Waals surface area contributed by atoms with Crippen LogP contribution < -0.4 is 0 Å². The van der Waals surface area contributed by atoms with Crippen molar-refractivity contribution in [2.24, 2.45) is 5.16 Å². The molecular weight excluding hydrogens is 249 g/mol. The van der Waals surface area contributed by atoms with Crippen molar-refractivity contribution in [1.82, 2.24) is 0 Å². The van der Waals surface area contributed by atoms with Crippen LogP contribution >= 0.6 is 23.2 Å². The van der Waals surface area contributed by atoms with Gasteiger partial charge in [0, 0.05) is 0 Å². The second-order valence-corrected chi connectivity index (χ2v) is 4.10. The van der Waals surface area contributed by atoms with Gasteiger partial charge in [-0.25, -0.2) is 4.79 Å². The number of oxime groups is 1. The fourth-order valence-electron chi connectivity index (χ4n) is 1.29. The van der Waals surface area contributed by atoms with E-state index in [1.165, 1.54) is 0 Å². The fourth-order valence-corrected chi connectivity index (χ4v) is 1.59. The van der Waals surface area contributed by atoms with Gasteiger partial charge < -0.3 is 4.84 Å². The van der Waals surface area contributed by atoms with Crippen molar-refractivity contribution in [3.05, 3.63) is 39.4 Å². The minimum absolute atomic E-state index is 0.429. The highest BCUT2D eigenvalue weighted by atomic mass is 35.5. The van der Waals surface area contributed by atoms with Crippen LogP contribution in [-0.4, -0.2) is 11.7 Å². The summed E-state index contributed by atoms with van der Waals surface area (Å²) in [5, 5.41) is 4.49. The molecular formula is C11H7Cl2NO2. The average molecular weight is 256 g/mol. The van der Waals surface area contributed by atoms with Crippen LogP contribution in [0.4, 0.5) is 0 Å². The van der Waals surface area contributed by atoms with E-state index in [0.717, 1.165) is 5.56 Å². The summed E-state index contributed by atoms with van der Waals surface area (Å²) >= 11 is 11.7. The van der Waals surface area contributed by atoms with Crippen LogP contribution in [0.3, 0.4) is 0 Å². The Morgan fingerprint density at radius 2 is 2.06 bits per heavy atom. The minimum Gasteiger partial charge on any atom is -0.312 e. The molecule has 3 nitrogen and oxygen atoms in total. The third kappa shape index (κ3) is 2.10. The van der Waals surface area contributed by atoms with Crippen LogP contribution in [-0.2, 0) is 9.63 Å². The summed E-state index contributed by atoms with van der Waals surface area (Å²) in [6.07, 6.45) is 1.66. The van der Waals surface area contributed by atoms with Crippen molar-refractivity contribution in [3.8, 4) is 0 Å². The highest BCUT2D eigenvalue weighted by molar-refractivity contribution is 6.42. The van der Waals surface area contributed by atoms with Gasteiger partial charge in [-0.1, -0.05) is 34.4 Å². The Balaban J connectivity index is 2.39. The van der Waals surface area contributed by atoms with Gasteiger partial charge in [-0.05, 0) is 30.7 Å². The predicted octanol–water partition coefficient (Wildman–Crippen LogP) is 3.31. The largest absolute Gasteiger partial charge is 0.367 e. The molecule has 1 aliphatic rings. The molecule has 2 rings (SSSR count). The lowest BCUT2D eigenvalue weighted by Crippen LogP contribution is -2.01. The van der Waals surface area contributed by atoms with E-state index in [2.05, 4.69) is 9.99 Å². The van der Waals surface area contributed by atoms with Crippen molar-refractivity contribution in [2.45, 2.75) is 6.92 Å². The van der Waals surface area contributed by atoms with Gasteiger partial charge in [0.2, 0.25) is 0 Å². The topological polar surface area (TPSA) is 38.7 Å². The van der Waals surface area contributed by atoms with E-state index >= 15 is 0 Å². The van der Waals surface area contributed by atoms with Crippen LogP contribution in [0.15, 0.2) is 28.9 Å². The maximum atomic E-state index is 11.3. The molecule has 1 aliphatic heterocycles. The maximum Gasteiger partial charge on any atom is 0.367 e. The lowest BCUT2D eigenvalue weighted by molar-refractivity contribution is -0.136. The molecule has 16 heavy (non-hydrogen) atoms. The SMILES string of the molecule is CC1=NOC(=O)/C1=C\c1ccc(Cl)c(Cl)c1. The number of nitrogens with zero attached hydrogens (tertiary/aromatic N) is 1. The Hall–Kier alpha value is -1.32. The zero-order valence-corrected chi connectivity index (χ0v) is 9.84. The lowest BCUT2D eigenvalue weighted by atomic mass is 10.1. The smallest absolute Gasteiger partial charge is 0.312 e. The van der Waals surface area contributed by atoms with Crippen molar-refractivity contribution in [1.29, 1.82) is 0 Å². The van der Waals surface area contributed by atoms with E-state index < -0.39 is 5.97 Å². The van der Waals surface area contributed by atoms with E-state index in [-0.39, 0.29) is 0 Å². The molecule has 82 valence electrons. The van der Waals surface area contributed by atoms with Gasteiger partial charge in [0.1, 0.15) is 0 Å². The van der Waals surface area contributed by atoms with Gasteiger partial charge in [0.15, 0.2) is 0 Å². The Morgan fingerprint density at radius 3 is 2.62 bits per heavy atom. The Labute approximate surface area is 102 Å². The van der Waals surface area contributed by atoms with Crippen molar-refractivity contribution >= 4 is 41.0 Å². The van der Waals surface area contributed by atoms with E-state index in [9.17, 15) is 4.79 Å². The molecule has 0 saturated heterocycles. The first-order chi connectivity index (χ1) is 7.58. The van der Waals surface area contributed by atoms with Crippen molar-refractivity contribution < 1.29 is 9.63 Å². The molecule has 0 aliphatic carbocycles. The summed E-state index contributed by atoms with van der Waals surface area (Å²) in [6, 6.07) is 5.11. The number of carbonyl (C=O) groups is 1. The first-order valence-corrected chi connectivity index (χ1v) is 5.26. The Morgan fingerprint density at radius 1 is 1.31 bits per heavy atom. The second kappa shape index (κ2) is 4.28. The highest BCUT2D eigenvalue weighted by Crippen LogP contribution is 2.24. The summed E-state index contributed by atoms with van der Waals surface area (Å²) in [4.78, 5) is 15.8. The van der Waals surface area contributed by atoms with Gasteiger partial charge in [-0.3, -0.25) is 0 Å². The molecule has 5 heteroatoms. The number of halogens is 2. The monoisotopic (exact) mass is 255 g/mol. The summed E-state index contributed by atoms with van der Waals surface area (Å²) in [6.45, 7) is 1.70. The van der Waals surface area contributed by atoms with E-state index in [4.69, 9.17) is 23.2 Å². The molecule has 0 bridgehead atoms. The molecule has 0 aromatic heterocycles. The fraction of sp³-hybridized carbons (Fsp3) is 0.0909. The molecule has 0 N–H and O–H groups in total. The lowest BCUT2D eigenvalue weighted by Gasteiger charge is -1.98. The van der Waals surface area contributed by atoms with Gasteiger partial charge in [0.05, 0.1) is 21.3 Å². The zero-order chi connectivity index (χ0) is 11.7. The quantitative estimate of drug-likeness (QED) is 0.571. The summed E-state index contributed by atoms with van der Waals surface area (Å²) in [5.74, 6) is -0.455. The molecule has 0 amide bonds. The zero-order valence-electron chi connectivity index (χ0n) is 8.33. The number of hydrogen-bond donors (Lipinski definition) is 0. The van der Waals surface area contributed by atoms with Gasteiger partial charge in [0.25, 0.3) is 0 Å². The molecule has 1 aromatic carbocycles. The van der Waals surface area contributed by atoms with E-state index in [0.29, 0.717) is 21.3 Å². The van der Waals surface area contributed by atoms with Crippen LogP contribution in [0.25, 0.3) is 6.08 Å². The van der Waals surface area contributed by atoms with Crippen LogP contribution in [0.5, 0.6) is 0 Å². The first kappa shape index (κ1) is 11.2. The summed E-state index contributed by atoms with van der Waals surface area (Å²) in [7, 11) is 0. The molecule has 0 atom stereocenters. The van der Waals surface area contributed by atoms with Gasteiger partial charge in [-0.15, -0.1) is 0 Å². The molecule has 0 saturated carbocycles. The Bertz CT molecular complexity index is 521. The van der Waals surface area contributed by atoms with Crippen molar-refractivity contribution in [3.63, 3.8) is 0 Å². The van der Waals surface area contributed by atoms with Crippen LogP contribution in [0.1, 0.15) is 12.5 Å². The number of benzene rings is 1. The third-order valence-corrected chi connectivity index (χ3v) is 2.87. The molecule has 1 heterocycles. The van der Waals surface area contributed by atoms with Crippen LogP contribution in [0, 0.1) is 0 Å². The summed E-state index contributed by atoms with van der Waals surface area (Å²) in [5.41, 5.74) is 1.76. The molecule has 0 unspecified atom stereocenters. The van der Waals surface area contributed by atoms with Crippen LogP contribution in [0.2, 0.25) is 10.0 Å². The first-order valence-electron chi connectivity index (χ1n) is 4.51. The predicted molar refractivity (Wildman–Crippen MR) is 63.6 cm³/mol.